The van der Waals surface area contributed by atoms with E-state index in [0.717, 1.165) is 5.56 Å². The lowest BCUT2D eigenvalue weighted by Gasteiger charge is -2.15. The van der Waals surface area contributed by atoms with E-state index in [1.54, 1.807) is 6.07 Å². The average Bonchev–Trinajstić information content (AvgIpc) is 2.55. The number of aromatic carboxylic acids is 1. The van der Waals surface area contributed by atoms with Crippen molar-refractivity contribution in [2.24, 2.45) is 5.92 Å². The quantitative estimate of drug-likeness (QED) is 0.695. The molecule has 0 spiro atoms. The molecule has 0 bridgehead atoms. The molecule has 2 aromatic carbocycles. The van der Waals surface area contributed by atoms with Crippen LogP contribution in [0, 0.1) is 5.92 Å². The number of carbonyl (C=O) groups excluding carboxylic acids is 1. The van der Waals surface area contributed by atoms with E-state index in [2.05, 4.69) is 17.9 Å². The molecule has 0 aliphatic heterocycles. The molecule has 1 unspecified atom stereocenters. The van der Waals surface area contributed by atoms with Crippen molar-refractivity contribution < 1.29 is 14.7 Å². The van der Waals surface area contributed by atoms with Crippen LogP contribution in [0.3, 0.4) is 0 Å². The molecule has 1 atom stereocenters. The number of nitrogens with one attached hydrogen (secondary N) is 1. The van der Waals surface area contributed by atoms with Gasteiger partial charge in [-0.3, -0.25) is 4.79 Å². The van der Waals surface area contributed by atoms with E-state index in [1.165, 1.54) is 12.1 Å². The zero-order valence-corrected chi connectivity index (χ0v) is 13.8. The van der Waals surface area contributed by atoms with Crippen LogP contribution in [0.15, 0.2) is 48.5 Å². The highest BCUT2D eigenvalue weighted by Gasteiger charge is 2.18. The van der Waals surface area contributed by atoms with Gasteiger partial charge in [0.25, 0.3) is 0 Å². The fourth-order valence-electron chi connectivity index (χ4n) is 2.15. The fraction of sp³-hybridized carbons (Fsp3) is 0.176. The van der Waals surface area contributed by atoms with Crippen molar-refractivity contribution >= 4 is 41.8 Å². The molecule has 1 amide bonds. The molecule has 120 valence electrons. The van der Waals surface area contributed by atoms with E-state index in [9.17, 15) is 9.59 Å². The monoisotopic (exact) mass is 349 g/mol. The number of carboxylic acids is 1. The van der Waals surface area contributed by atoms with Crippen molar-refractivity contribution in [3.05, 3.63) is 64.7 Å². The Bertz CT molecular complexity index is 706. The first kappa shape index (κ1) is 17.4. The molecule has 0 aliphatic rings. The van der Waals surface area contributed by atoms with E-state index >= 15 is 0 Å². The molecule has 2 aromatic rings. The molecule has 0 heterocycles. The summed E-state index contributed by atoms with van der Waals surface area (Å²) in [6.45, 7) is 0. The Balaban J connectivity index is 2.10. The minimum atomic E-state index is -1.14. The second-order valence-electron chi connectivity index (χ2n) is 5.06. The highest BCUT2D eigenvalue weighted by molar-refractivity contribution is 7.80. The van der Waals surface area contributed by atoms with Crippen LogP contribution in [0.2, 0.25) is 5.02 Å². The highest BCUT2D eigenvalue weighted by Crippen LogP contribution is 2.21. The van der Waals surface area contributed by atoms with Gasteiger partial charge in [-0.15, -0.1) is 0 Å². The molecule has 0 saturated carbocycles. The Labute approximate surface area is 144 Å². The Morgan fingerprint density at radius 3 is 2.48 bits per heavy atom. The van der Waals surface area contributed by atoms with Gasteiger partial charge in [0.15, 0.2) is 0 Å². The first-order chi connectivity index (χ1) is 11.0. The predicted molar refractivity (Wildman–Crippen MR) is 94.5 cm³/mol. The third kappa shape index (κ3) is 4.74. The molecule has 0 saturated heterocycles. The maximum atomic E-state index is 12.4. The number of hydrogen-bond acceptors (Lipinski definition) is 3. The van der Waals surface area contributed by atoms with Crippen molar-refractivity contribution in [2.45, 2.75) is 6.42 Å². The van der Waals surface area contributed by atoms with Gasteiger partial charge in [0.2, 0.25) is 5.91 Å². The largest absolute Gasteiger partial charge is 0.478 e. The van der Waals surface area contributed by atoms with Gasteiger partial charge in [0.05, 0.1) is 16.5 Å². The van der Waals surface area contributed by atoms with Gasteiger partial charge in [-0.1, -0.05) is 41.9 Å². The number of carboxylic acid groups (broad SMARTS) is 1. The zero-order chi connectivity index (χ0) is 16.8. The molecule has 4 nitrogen and oxygen atoms in total. The predicted octanol–water partition coefficient (Wildman–Crippen LogP) is 3.77. The summed E-state index contributed by atoms with van der Waals surface area (Å²) in [6.07, 6.45) is 0.565. The number of hydrogen-bond donors (Lipinski definition) is 3. The molecule has 0 fully saturated rings. The van der Waals surface area contributed by atoms with Gasteiger partial charge in [-0.25, -0.2) is 4.79 Å². The third-order valence-corrected chi connectivity index (χ3v) is 4.15. The van der Waals surface area contributed by atoms with Crippen LogP contribution >= 0.6 is 24.2 Å². The molecule has 6 heteroatoms. The van der Waals surface area contributed by atoms with Crippen LogP contribution in [0.25, 0.3) is 0 Å². The van der Waals surface area contributed by atoms with Crippen LogP contribution in [0.4, 0.5) is 5.69 Å². The lowest BCUT2D eigenvalue weighted by atomic mass is 10.00. The first-order valence-electron chi connectivity index (χ1n) is 6.99. The Hall–Kier alpha value is -1.98. The van der Waals surface area contributed by atoms with Crippen molar-refractivity contribution in [3.8, 4) is 0 Å². The number of thiol groups is 1. The fourth-order valence-corrected chi connectivity index (χ4v) is 2.64. The second kappa shape index (κ2) is 8.04. The molecule has 0 aromatic heterocycles. The summed E-state index contributed by atoms with van der Waals surface area (Å²) in [4.78, 5) is 23.5. The van der Waals surface area contributed by atoms with Gasteiger partial charge >= 0.3 is 5.97 Å². The normalized spacial score (nSPS) is 11.7. The first-order valence-corrected chi connectivity index (χ1v) is 8.00. The second-order valence-corrected chi connectivity index (χ2v) is 5.83. The number of halogens is 1. The summed E-state index contributed by atoms with van der Waals surface area (Å²) in [5, 5.41) is 11.9. The number of rotatable bonds is 6. The maximum absolute atomic E-state index is 12.4. The van der Waals surface area contributed by atoms with Gasteiger partial charge in [0, 0.05) is 11.4 Å². The standard InChI is InChI=1S/C17H16ClNO3S/c18-15-7-6-13(9-14(15)17(21)22)19-16(20)12(10-23)8-11-4-2-1-3-5-11/h1-7,9,12,23H,8,10H2,(H,19,20)(H,21,22). The van der Waals surface area contributed by atoms with E-state index in [-0.39, 0.29) is 22.4 Å². The summed E-state index contributed by atoms with van der Waals surface area (Å²) >= 11 is 10.1. The molecule has 2 rings (SSSR count). The van der Waals surface area contributed by atoms with Crippen molar-refractivity contribution in [3.63, 3.8) is 0 Å². The van der Waals surface area contributed by atoms with Crippen LogP contribution in [-0.2, 0) is 11.2 Å². The van der Waals surface area contributed by atoms with Crippen LogP contribution in [-0.4, -0.2) is 22.7 Å². The van der Waals surface area contributed by atoms with Crippen molar-refractivity contribution in [1.29, 1.82) is 0 Å². The minimum Gasteiger partial charge on any atom is -0.478 e. The average molecular weight is 350 g/mol. The summed E-state index contributed by atoms with van der Waals surface area (Å²) < 4.78 is 0. The zero-order valence-electron chi connectivity index (χ0n) is 12.2. The van der Waals surface area contributed by atoms with Gasteiger partial charge in [-0.2, -0.15) is 12.6 Å². The summed E-state index contributed by atoms with van der Waals surface area (Å²) in [5.41, 5.74) is 1.40. The lowest BCUT2D eigenvalue weighted by Crippen LogP contribution is -2.26. The molecule has 23 heavy (non-hydrogen) atoms. The number of benzene rings is 2. The minimum absolute atomic E-state index is 0.0463. The van der Waals surface area contributed by atoms with Crippen molar-refractivity contribution in [2.75, 3.05) is 11.1 Å². The SMILES string of the molecule is O=C(O)c1cc(NC(=O)C(CS)Cc2ccccc2)ccc1Cl. The third-order valence-electron chi connectivity index (χ3n) is 3.38. The topological polar surface area (TPSA) is 66.4 Å². The van der Waals surface area contributed by atoms with Crippen LogP contribution in [0.1, 0.15) is 15.9 Å². The summed E-state index contributed by atoms with van der Waals surface area (Å²) in [5.74, 6) is -1.27. The molecule has 0 radical (unpaired) electrons. The number of carbonyl (C=O) groups is 2. The lowest BCUT2D eigenvalue weighted by molar-refractivity contribution is -0.119. The van der Waals surface area contributed by atoms with Gasteiger partial charge in [0.1, 0.15) is 0 Å². The van der Waals surface area contributed by atoms with E-state index in [0.29, 0.717) is 17.9 Å². The molecular weight excluding hydrogens is 334 g/mol. The Kier molecular flexibility index (Phi) is 6.07. The van der Waals surface area contributed by atoms with Gasteiger partial charge < -0.3 is 10.4 Å². The van der Waals surface area contributed by atoms with Crippen LogP contribution in [0.5, 0.6) is 0 Å². The maximum Gasteiger partial charge on any atom is 0.337 e. The van der Waals surface area contributed by atoms with Crippen LogP contribution < -0.4 is 5.32 Å². The number of anilines is 1. The molecule has 0 aliphatic carbocycles. The number of amides is 1. The van der Waals surface area contributed by atoms with E-state index < -0.39 is 5.97 Å². The Morgan fingerprint density at radius 2 is 1.87 bits per heavy atom. The van der Waals surface area contributed by atoms with Crippen molar-refractivity contribution in [1.82, 2.24) is 0 Å². The smallest absolute Gasteiger partial charge is 0.337 e. The van der Waals surface area contributed by atoms with E-state index in [1.807, 2.05) is 30.3 Å². The highest BCUT2D eigenvalue weighted by atomic mass is 35.5. The van der Waals surface area contributed by atoms with Gasteiger partial charge in [-0.05, 0) is 30.2 Å². The molecule has 2 N–H and O–H groups in total. The molecular formula is C17H16ClNO3S. The summed E-state index contributed by atoms with van der Waals surface area (Å²) in [7, 11) is 0. The summed E-state index contributed by atoms with van der Waals surface area (Å²) in [6, 6.07) is 14.0. The van der Waals surface area contributed by atoms with E-state index in [4.69, 9.17) is 16.7 Å². The Morgan fingerprint density at radius 1 is 1.17 bits per heavy atom.